The van der Waals surface area contributed by atoms with Gasteiger partial charge in [0.15, 0.2) is 5.96 Å². The van der Waals surface area contributed by atoms with E-state index in [0.29, 0.717) is 13.1 Å². The molecule has 0 radical (unpaired) electrons. The molecule has 1 aromatic rings. The lowest BCUT2D eigenvalue weighted by molar-refractivity contribution is 0.00701. The highest BCUT2D eigenvalue weighted by Gasteiger charge is 2.34. The maximum Gasteiger partial charge on any atom is 0.410 e. The fraction of sp³-hybridized carbons (Fsp3) is 0.722. The standard InChI is InChI=1S/C18H31N5O2S.HI/c1-6-19-16(20-9-7-8-15-21-13(2)12-26-15)22-14-10-23(11-14)17(24)25-18(3,4)5;/h12,14H,6-11H2,1-5H3,(H2,19,20,22);1H. The number of nitrogens with one attached hydrogen (secondary N) is 2. The van der Waals surface area contributed by atoms with Gasteiger partial charge in [-0.25, -0.2) is 9.78 Å². The molecular formula is C18H32IN5O2S. The fourth-order valence-corrected chi connectivity index (χ4v) is 3.32. The van der Waals surface area contributed by atoms with E-state index >= 15 is 0 Å². The van der Waals surface area contributed by atoms with Gasteiger partial charge in [-0.2, -0.15) is 0 Å². The highest BCUT2D eigenvalue weighted by atomic mass is 127. The largest absolute Gasteiger partial charge is 0.444 e. The van der Waals surface area contributed by atoms with E-state index < -0.39 is 5.60 Å². The van der Waals surface area contributed by atoms with Gasteiger partial charge in [-0.3, -0.25) is 4.99 Å². The number of aryl methyl sites for hydroxylation is 2. The van der Waals surface area contributed by atoms with Gasteiger partial charge < -0.3 is 20.3 Å². The molecule has 2 rings (SSSR count). The smallest absolute Gasteiger partial charge is 0.410 e. The minimum Gasteiger partial charge on any atom is -0.444 e. The molecule has 1 aliphatic rings. The molecule has 0 unspecified atom stereocenters. The normalized spacial score (nSPS) is 15.0. The van der Waals surface area contributed by atoms with Gasteiger partial charge in [0.2, 0.25) is 0 Å². The van der Waals surface area contributed by atoms with Gasteiger partial charge in [0, 0.05) is 43.7 Å². The summed E-state index contributed by atoms with van der Waals surface area (Å²) in [6, 6.07) is 0.210. The third-order valence-electron chi connectivity index (χ3n) is 3.70. The van der Waals surface area contributed by atoms with Crippen LogP contribution in [-0.2, 0) is 11.2 Å². The number of nitrogens with zero attached hydrogens (tertiary/aromatic N) is 3. The van der Waals surface area contributed by atoms with Crippen LogP contribution in [0.15, 0.2) is 10.4 Å². The zero-order chi connectivity index (χ0) is 19.2. The second-order valence-corrected chi connectivity index (χ2v) is 8.42. The maximum absolute atomic E-state index is 12.0. The van der Waals surface area contributed by atoms with E-state index in [-0.39, 0.29) is 36.1 Å². The lowest BCUT2D eigenvalue weighted by atomic mass is 10.1. The van der Waals surface area contributed by atoms with E-state index in [2.05, 4.69) is 26.0 Å². The minimum atomic E-state index is -0.456. The number of hydrogen-bond donors (Lipinski definition) is 2. The molecule has 0 saturated carbocycles. The monoisotopic (exact) mass is 509 g/mol. The van der Waals surface area contributed by atoms with Crippen molar-refractivity contribution in [1.82, 2.24) is 20.5 Å². The molecule has 1 saturated heterocycles. The first-order valence-electron chi connectivity index (χ1n) is 9.20. The average Bonchev–Trinajstić information content (AvgIpc) is 2.90. The summed E-state index contributed by atoms with van der Waals surface area (Å²) in [6.07, 6.45) is 1.67. The van der Waals surface area contributed by atoms with Crippen molar-refractivity contribution in [1.29, 1.82) is 0 Å². The Bertz CT molecular complexity index is 624. The zero-order valence-corrected chi connectivity index (χ0v) is 20.0. The summed E-state index contributed by atoms with van der Waals surface area (Å²) in [5, 5.41) is 9.89. The van der Waals surface area contributed by atoms with Crippen LogP contribution < -0.4 is 10.6 Å². The van der Waals surface area contributed by atoms with Crippen molar-refractivity contribution in [2.45, 2.75) is 59.1 Å². The number of likely N-dealkylation sites (tertiary alicyclic amines) is 1. The number of carbonyl (C=O) groups excluding carboxylic acids is 1. The summed E-state index contributed by atoms with van der Waals surface area (Å²) in [7, 11) is 0. The number of aromatic nitrogens is 1. The second-order valence-electron chi connectivity index (χ2n) is 7.47. The van der Waals surface area contributed by atoms with E-state index in [1.807, 2.05) is 34.6 Å². The summed E-state index contributed by atoms with van der Waals surface area (Å²) in [6.45, 7) is 12.5. The predicted molar refractivity (Wildman–Crippen MR) is 121 cm³/mol. The van der Waals surface area contributed by atoms with Gasteiger partial charge in [-0.1, -0.05) is 0 Å². The number of guanidine groups is 1. The molecule has 2 N–H and O–H groups in total. The Morgan fingerprint density at radius 1 is 1.44 bits per heavy atom. The minimum absolute atomic E-state index is 0. The Kier molecular flexibility index (Phi) is 9.78. The van der Waals surface area contributed by atoms with Gasteiger partial charge in [-0.15, -0.1) is 35.3 Å². The Balaban J connectivity index is 0.00000364. The van der Waals surface area contributed by atoms with Crippen LogP contribution in [0.25, 0.3) is 0 Å². The molecule has 0 bridgehead atoms. The molecule has 1 aromatic heterocycles. The summed E-state index contributed by atoms with van der Waals surface area (Å²) in [5.74, 6) is 0.802. The quantitative estimate of drug-likeness (QED) is 0.267. The average molecular weight is 509 g/mol. The van der Waals surface area contributed by atoms with Gasteiger partial charge >= 0.3 is 6.09 Å². The molecule has 1 fully saturated rings. The number of aliphatic imine (C=N–C) groups is 1. The van der Waals surface area contributed by atoms with E-state index in [1.165, 1.54) is 5.01 Å². The topological polar surface area (TPSA) is 78.9 Å². The summed E-state index contributed by atoms with van der Waals surface area (Å²) in [4.78, 5) is 22.8. The SMILES string of the molecule is CCNC(=NCCCc1nc(C)cs1)NC1CN(C(=O)OC(C)(C)C)C1.I. The van der Waals surface area contributed by atoms with Crippen LogP contribution >= 0.6 is 35.3 Å². The number of amides is 1. The third kappa shape index (κ3) is 8.63. The molecule has 9 heteroatoms. The fourth-order valence-electron chi connectivity index (χ4n) is 2.50. The number of hydrogen-bond acceptors (Lipinski definition) is 5. The summed E-state index contributed by atoms with van der Waals surface area (Å²) < 4.78 is 5.37. The first kappa shape index (κ1) is 23.9. The number of carbonyl (C=O) groups is 1. The molecule has 0 spiro atoms. The van der Waals surface area contributed by atoms with Crippen LogP contribution in [0.1, 0.15) is 44.8 Å². The van der Waals surface area contributed by atoms with Crippen LogP contribution in [0, 0.1) is 6.92 Å². The summed E-state index contributed by atoms with van der Waals surface area (Å²) in [5.41, 5.74) is 0.630. The lowest BCUT2D eigenvalue weighted by Gasteiger charge is -2.40. The van der Waals surface area contributed by atoms with E-state index in [4.69, 9.17) is 4.74 Å². The Hall–Kier alpha value is -1.10. The van der Waals surface area contributed by atoms with Gasteiger partial charge in [0.25, 0.3) is 0 Å². The number of ether oxygens (including phenoxy) is 1. The Labute approximate surface area is 183 Å². The molecule has 0 atom stereocenters. The number of rotatable bonds is 6. The van der Waals surface area contributed by atoms with Crippen molar-refractivity contribution in [3.8, 4) is 0 Å². The van der Waals surface area contributed by atoms with Crippen LogP contribution in [0.5, 0.6) is 0 Å². The highest BCUT2D eigenvalue weighted by molar-refractivity contribution is 14.0. The van der Waals surface area contributed by atoms with Crippen LogP contribution in [0.4, 0.5) is 4.79 Å². The van der Waals surface area contributed by atoms with E-state index in [0.717, 1.165) is 37.6 Å². The highest BCUT2D eigenvalue weighted by Crippen LogP contribution is 2.15. The maximum atomic E-state index is 12.0. The van der Waals surface area contributed by atoms with Crippen molar-refractivity contribution in [3.05, 3.63) is 16.1 Å². The number of thiazole rings is 1. The first-order valence-corrected chi connectivity index (χ1v) is 10.1. The van der Waals surface area contributed by atoms with Crippen LogP contribution in [0.3, 0.4) is 0 Å². The molecule has 27 heavy (non-hydrogen) atoms. The van der Waals surface area contributed by atoms with Crippen LogP contribution in [0.2, 0.25) is 0 Å². The van der Waals surface area contributed by atoms with Crippen LogP contribution in [-0.4, -0.2) is 59.8 Å². The third-order valence-corrected chi connectivity index (χ3v) is 4.73. The molecule has 0 aliphatic carbocycles. The Morgan fingerprint density at radius 3 is 2.70 bits per heavy atom. The molecule has 1 aliphatic heterocycles. The lowest BCUT2D eigenvalue weighted by Crippen LogP contribution is -2.63. The van der Waals surface area contributed by atoms with Gasteiger partial charge in [0.05, 0.1) is 11.0 Å². The van der Waals surface area contributed by atoms with Crippen molar-refractivity contribution < 1.29 is 9.53 Å². The van der Waals surface area contributed by atoms with Crippen molar-refractivity contribution in [2.24, 2.45) is 4.99 Å². The first-order chi connectivity index (χ1) is 12.3. The molecule has 0 aromatic carbocycles. The van der Waals surface area contributed by atoms with E-state index in [1.54, 1.807) is 16.2 Å². The van der Waals surface area contributed by atoms with Gasteiger partial charge in [-0.05, 0) is 41.0 Å². The summed E-state index contributed by atoms with van der Waals surface area (Å²) >= 11 is 1.71. The molecule has 1 amide bonds. The predicted octanol–water partition coefficient (Wildman–Crippen LogP) is 3.18. The van der Waals surface area contributed by atoms with Gasteiger partial charge in [0.1, 0.15) is 5.60 Å². The van der Waals surface area contributed by atoms with E-state index in [9.17, 15) is 4.79 Å². The molecule has 2 heterocycles. The van der Waals surface area contributed by atoms with Crippen molar-refractivity contribution in [2.75, 3.05) is 26.2 Å². The second kappa shape index (κ2) is 11.0. The van der Waals surface area contributed by atoms with Crippen molar-refractivity contribution >= 4 is 47.4 Å². The molecule has 7 nitrogen and oxygen atoms in total. The van der Waals surface area contributed by atoms with Crippen molar-refractivity contribution in [3.63, 3.8) is 0 Å². The number of halogens is 1. The molecular weight excluding hydrogens is 477 g/mol. The Morgan fingerprint density at radius 2 is 2.15 bits per heavy atom. The zero-order valence-electron chi connectivity index (χ0n) is 16.9. The molecule has 154 valence electrons.